The first-order valence-electron chi connectivity index (χ1n) is 4.09. The average Bonchev–Trinajstić information content (AvgIpc) is 2.20. The Labute approximate surface area is 80.1 Å². The number of rotatable bonds is 1. The molecule has 0 fully saturated rings. The van der Waals surface area contributed by atoms with Crippen molar-refractivity contribution in [3.05, 3.63) is 47.2 Å². The van der Waals surface area contributed by atoms with Gasteiger partial charge in [-0.15, -0.1) is 0 Å². The van der Waals surface area contributed by atoms with E-state index in [9.17, 15) is 4.79 Å². The maximum absolute atomic E-state index is 11.4. The van der Waals surface area contributed by atoms with E-state index in [0.29, 0.717) is 11.5 Å². The molecule has 0 saturated carbocycles. The van der Waals surface area contributed by atoms with Gasteiger partial charge in [0.1, 0.15) is 12.2 Å². The van der Waals surface area contributed by atoms with Crippen LogP contribution in [0.4, 0.5) is 0 Å². The van der Waals surface area contributed by atoms with Gasteiger partial charge >= 0.3 is 0 Å². The molecule has 0 aliphatic rings. The molecule has 2 aromatic rings. The molecule has 14 heavy (non-hydrogen) atoms. The van der Waals surface area contributed by atoms with E-state index in [1.807, 2.05) is 0 Å². The Hall–Kier alpha value is -2.04. The van der Waals surface area contributed by atoms with Crippen LogP contribution in [0.3, 0.4) is 0 Å². The Bertz CT molecular complexity index is 489. The van der Waals surface area contributed by atoms with Gasteiger partial charge in [-0.2, -0.15) is 0 Å². The number of nitrogens with zero attached hydrogens (tertiary/aromatic N) is 4. The highest BCUT2D eigenvalue weighted by Gasteiger charge is 1.98. The molecule has 0 unspecified atom stereocenters. The lowest BCUT2D eigenvalue weighted by atomic mass is 10.5. The monoisotopic (exact) mass is 188 g/mol. The summed E-state index contributed by atoms with van der Waals surface area (Å²) in [6.07, 6.45) is 6.07. The summed E-state index contributed by atoms with van der Waals surface area (Å²) in [6, 6.07) is 1.39. The molecular formula is C9H8N4O. The number of hydrogen-bond donors (Lipinski definition) is 0. The Morgan fingerprint density at radius 3 is 2.64 bits per heavy atom. The van der Waals surface area contributed by atoms with Crippen molar-refractivity contribution in [1.29, 1.82) is 0 Å². The van der Waals surface area contributed by atoms with Gasteiger partial charge in [-0.1, -0.05) is 0 Å². The maximum Gasteiger partial charge on any atom is 0.257 e. The van der Waals surface area contributed by atoms with Gasteiger partial charge < -0.3 is 0 Å². The smallest absolute Gasteiger partial charge is 0.257 e. The lowest BCUT2D eigenvalue weighted by molar-refractivity contribution is 0.903. The van der Waals surface area contributed by atoms with Crippen molar-refractivity contribution >= 4 is 0 Å². The van der Waals surface area contributed by atoms with Crippen molar-refractivity contribution in [3.8, 4) is 5.69 Å². The summed E-state index contributed by atoms with van der Waals surface area (Å²) in [6.45, 7) is 1.79. The summed E-state index contributed by atoms with van der Waals surface area (Å²) < 4.78 is 1.39. The molecule has 2 heterocycles. The molecule has 70 valence electrons. The Kier molecular flexibility index (Phi) is 2.06. The van der Waals surface area contributed by atoms with Gasteiger partial charge in [0.05, 0.1) is 18.1 Å². The quantitative estimate of drug-likeness (QED) is 0.647. The molecule has 0 radical (unpaired) electrons. The predicted molar refractivity (Wildman–Crippen MR) is 50.2 cm³/mol. The highest BCUT2D eigenvalue weighted by Crippen LogP contribution is 1.98. The van der Waals surface area contributed by atoms with Crippen LogP contribution in [0, 0.1) is 6.92 Å². The summed E-state index contributed by atoms with van der Waals surface area (Å²) in [5.41, 5.74) is 0.473. The van der Waals surface area contributed by atoms with Crippen LogP contribution in [-0.2, 0) is 0 Å². The lowest BCUT2D eigenvalue weighted by Gasteiger charge is -2.02. The maximum atomic E-state index is 11.4. The molecule has 0 atom stereocenters. The normalized spacial score (nSPS) is 10.1. The zero-order valence-corrected chi connectivity index (χ0v) is 7.58. The van der Waals surface area contributed by atoms with Gasteiger partial charge in [0.25, 0.3) is 5.56 Å². The Morgan fingerprint density at radius 1 is 1.29 bits per heavy atom. The highest BCUT2D eigenvalue weighted by atomic mass is 16.1. The van der Waals surface area contributed by atoms with Gasteiger partial charge in [0.15, 0.2) is 0 Å². The van der Waals surface area contributed by atoms with Crippen molar-refractivity contribution in [2.24, 2.45) is 0 Å². The van der Waals surface area contributed by atoms with Crippen LogP contribution in [0.1, 0.15) is 5.82 Å². The lowest BCUT2D eigenvalue weighted by Crippen LogP contribution is -2.17. The first-order chi connectivity index (χ1) is 6.77. The van der Waals surface area contributed by atoms with E-state index in [0.717, 1.165) is 0 Å². The van der Waals surface area contributed by atoms with Crippen LogP contribution in [0.15, 0.2) is 35.8 Å². The third kappa shape index (κ3) is 1.52. The van der Waals surface area contributed by atoms with Gasteiger partial charge in [0.2, 0.25) is 0 Å². The van der Waals surface area contributed by atoms with E-state index in [-0.39, 0.29) is 5.56 Å². The van der Waals surface area contributed by atoms with Gasteiger partial charge in [-0.25, -0.2) is 15.0 Å². The molecule has 0 spiro atoms. The summed E-state index contributed by atoms with van der Waals surface area (Å²) >= 11 is 0. The van der Waals surface area contributed by atoms with Crippen molar-refractivity contribution in [1.82, 2.24) is 19.5 Å². The van der Waals surface area contributed by atoms with Crippen LogP contribution < -0.4 is 5.56 Å². The van der Waals surface area contributed by atoms with Gasteiger partial charge in [-0.3, -0.25) is 9.36 Å². The van der Waals surface area contributed by atoms with Gasteiger partial charge in [-0.05, 0) is 6.92 Å². The predicted octanol–water partition coefficient (Wildman–Crippen LogP) is 0.331. The van der Waals surface area contributed by atoms with E-state index >= 15 is 0 Å². The minimum atomic E-state index is -0.146. The fraction of sp³-hybridized carbons (Fsp3) is 0.111. The Morgan fingerprint density at radius 2 is 2.00 bits per heavy atom. The number of aryl methyl sites for hydroxylation is 1. The average molecular weight is 188 g/mol. The van der Waals surface area contributed by atoms with Crippen LogP contribution in [0.5, 0.6) is 0 Å². The van der Waals surface area contributed by atoms with Crippen LogP contribution in [0.2, 0.25) is 0 Å². The molecule has 5 nitrogen and oxygen atoms in total. The SMILES string of the molecule is Cc1ncc(-n2cnccc2=O)cn1. The molecular weight excluding hydrogens is 180 g/mol. The standard InChI is InChI=1S/C9H8N4O/c1-7-11-4-8(5-12-7)13-6-10-3-2-9(13)14/h2-6H,1H3. The van der Waals surface area contributed by atoms with Crippen molar-refractivity contribution in [3.63, 3.8) is 0 Å². The van der Waals surface area contributed by atoms with Crippen molar-refractivity contribution in [2.45, 2.75) is 6.92 Å². The van der Waals surface area contributed by atoms with E-state index < -0.39 is 0 Å². The summed E-state index contributed by atoms with van der Waals surface area (Å²) in [4.78, 5) is 23.2. The second-order valence-electron chi connectivity index (χ2n) is 2.78. The molecule has 0 aliphatic heterocycles. The zero-order valence-electron chi connectivity index (χ0n) is 7.58. The van der Waals surface area contributed by atoms with Crippen molar-refractivity contribution in [2.75, 3.05) is 0 Å². The van der Waals surface area contributed by atoms with Crippen LogP contribution in [-0.4, -0.2) is 19.5 Å². The van der Waals surface area contributed by atoms with Crippen molar-refractivity contribution < 1.29 is 0 Å². The minimum Gasteiger partial charge on any atom is -0.269 e. The molecule has 2 aromatic heterocycles. The molecule has 0 N–H and O–H groups in total. The van der Waals surface area contributed by atoms with Crippen LogP contribution in [0.25, 0.3) is 5.69 Å². The third-order valence-corrected chi connectivity index (χ3v) is 1.77. The van der Waals surface area contributed by atoms with E-state index in [1.54, 1.807) is 19.3 Å². The first-order valence-corrected chi connectivity index (χ1v) is 4.09. The number of aromatic nitrogens is 4. The first kappa shape index (κ1) is 8.55. The third-order valence-electron chi connectivity index (χ3n) is 1.77. The summed E-state index contributed by atoms with van der Waals surface area (Å²) in [5, 5.41) is 0. The molecule has 0 aliphatic carbocycles. The largest absolute Gasteiger partial charge is 0.269 e. The second kappa shape index (κ2) is 3.37. The topological polar surface area (TPSA) is 60.7 Å². The van der Waals surface area contributed by atoms with Crippen LogP contribution >= 0.6 is 0 Å². The Balaban J connectivity index is 2.56. The zero-order chi connectivity index (χ0) is 9.97. The highest BCUT2D eigenvalue weighted by molar-refractivity contribution is 5.24. The van der Waals surface area contributed by atoms with E-state index in [4.69, 9.17) is 0 Å². The fourth-order valence-corrected chi connectivity index (χ4v) is 1.05. The summed E-state index contributed by atoms with van der Waals surface area (Å²) in [5.74, 6) is 0.672. The number of hydrogen-bond acceptors (Lipinski definition) is 4. The molecule has 0 aromatic carbocycles. The van der Waals surface area contributed by atoms with Gasteiger partial charge in [0, 0.05) is 12.3 Å². The van der Waals surface area contributed by atoms with E-state index in [1.165, 1.54) is 23.2 Å². The molecule has 5 heteroatoms. The fourth-order valence-electron chi connectivity index (χ4n) is 1.05. The second-order valence-corrected chi connectivity index (χ2v) is 2.78. The minimum absolute atomic E-state index is 0.146. The van der Waals surface area contributed by atoms with E-state index in [2.05, 4.69) is 15.0 Å². The molecule has 0 saturated heterocycles. The molecule has 0 bridgehead atoms. The summed E-state index contributed by atoms with van der Waals surface area (Å²) in [7, 11) is 0. The molecule has 0 amide bonds. The molecule has 2 rings (SSSR count).